The third-order valence-electron chi connectivity index (χ3n) is 8.04. The number of hydrogen-bond donors (Lipinski definition) is 10. The number of nitrogens with one attached hydrogen (secondary N) is 7. The Morgan fingerprint density at radius 2 is 1.57 bits per heavy atom. The first-order valence-corrected chi connectivity index (χ1v) is 17.3. The molecule has 0 spiro atoms. The molecule has 0 unspecified atom stereocenters. The molecular weight excluding hydrogens is 660 g/mol. The molecule has 49 heavy (non-hydrogen) atoms. The van der Waals surface area contributed by atoms with Gasteiger partial charge in [0.15, 0.2) is 0 Å². The number of aliphatic carboxylic acids is 1. The summed E-state index contributed by atoms with van der Waals surface area (Å²) in [7, 11) is 0. The van der Waals surface area contributed by atoms with Gasteiger partial charge in [-0.05, 0) is 49.8 Å². The third kappa shape index (κ3) is 13.8. The van der Waals surface area contributed by atoms with E-state index in [1.807, 2.05) is 11.8 Å². The molecule has 18 heteroatoms. The van der Waals surface area contributed by atoms with E-state index >= 15 is 0 Å². The number of carboxylic acids is 1. The van der Waals surface area contributed by atoms with E-state index in [1.165, 1.54) is 12.1 Å². The monoisotopic (exact) mass is 706 g/mol. The van der Waals surface area contributed by atoms with Crippen LogP contribution in [0.25, 0.3) is 0 Å². The SMILES string of the molecule is NCC(=O)NCC(=O)NCC(=O)N[C@@H](Cc1ccc(O)cc1)C(=O)N[C@@H](CCCCNC(=O)CCCC[C@@H]1SC[C@@H]2NC(=O)N[C@@H]21)C(=O)O. The van der Waals surface area contributed by atoms with Gasteiger partial charge in [-0.1, -0.05) is 18.6 Å². The van der Waals surface area contributed by atoms with Crippen LogP contribution in [0.3, 0.4) is 0 Å². The highest BCUT2D eigenvalue weighted by molar-refractivity contribution is 8.00. The van der Waals surface area contributed by atoms with Gasteiger partial charge in [-0.25, -0.2) is 9.59 Å². The maximum absolute atomic E-state index is 13.2. The van der Waals surface area contributed by atoms with E-state index in [0.29, 0.717) is 36.6 Å². The van der Waals surface area contributed by atoms with Gasteiger partial charge < -0.3 is 53.2 Å². The van der Waals surface area contributed by atoms with Crippen molar-refractivity contribution in [3.05, 3.63) is 29.8 Å². The molecule has 5 atom stereocenters. The molecule has 11 N–H and O–H groups in total. The van der Waals surface area contributed by atoms with Crippen LogP contribution in [0.4, 0.5) is 4.79 Å². The lowest BCUT2D eigenvalue weighted by molar-refractivity contribution is -0.142. The summed E-state index contributed by atoms with van der Waals surface area (Å²) in [5.41, 5.74) is 5.73. The number of hydrogen-bond acceptors (Lipinski definition) is 10. The van der Waals surface area contributed by atoms with Crippen molar-refractivity contribution >= 4 is 53.3 Å². The molecule has 2 fully saturated rings. The normalized spacial score (nSPS) is 19.0. The highest BCUT2D eigenvalue weighted by Crippen LogP contribution is 2.33. The van der Waals surface area contributed by atoms with Gasteiger partial charge in [0.1, 0.15) is 17.8 Å². The Balaban J connectivity index is 1.39. The standard InChI is InChI=1S/C31H46N8O9S/c32-14-25(42)34-15-26(43)35-16-27(44)36-21(13-18-8-10-19(40)11-9-18)29(45)37-20(30(46)47)5-3-4-12-33-24(41)7-2-1-6-23-28-22(17-49-23)38-31(48)39-28/h8-11,20-23,28,40H,1-7,12-17,32H2,(H,33,41)(H,34,42)(H,35,43)(H,36,44)(H,37,45)(H,46,47)(H2,38,39,48)/t20-,21-,22-,23-,28-/m0/s1. The lowest BCUT2D eigenvalue weighted by Gasteiger charge is -2.22. The number of rotatable bonds is 21. The number of carbonyl (C=O) groups is 7. The summed E-state index contributed by atoms with van der Waals surface area (Å²) in [5.74, 6) is -3.18. The number of amides is 7. The number of unbranched alkanes of at least 4 members (excludes halogenated alkanes) is 2. The Kier molecular flexibility index (Phi) is 15.9. The second kappa shape index (κ2) is 20.1. The summed E-state index contributed by atoms with van der Waals surface area (Å²) in [6.07, 6.45) is 3.78. The zero-order valence-corrected chi connectivity index (χ0v) is 27.9. The molecule has 17 nitrogen and oxygen atoms in total. The highest BCUT2D eigenvalue weighted by Gasteiger charge is 2.42. The molecule has 0 bridgehead atoms. The maximum Gasteiger partial charge on any atom is 0.326 e. The first kappa shape index (κ1) is 38.9. The van der Waals surface area contributed by atoms with Crippen LogP contribution in [0.1, 0.15) is 50.5 Å². The molecular formula is C31H46N8O9S. The van der Waals surface area contributed by atoms with Crippen LogP contribution in [0.5, 0.6) is 5.75 Å². The van der Waals surface area contributed by atoms with Gasteiger partial charge in [0, 0.05) is 30.4 Å². The van der Waals surface area contributed by atoms with Crippen LogP contribution in [0.15, 0.2) is 24.3 Å². The molecule has 0 aromatic heterocycles. The molecule has 3 rings (SSSR count). The van der Waals surface area contributed by atoms with Crippen LogP contribution in [-0.2, 0) is 35.2 Å². The van der Waals surface area contributed by atoms with Gasteiger partial charge in [-0.2, -0.15) is 11.8 Å². The number of carboxylic acid groups (broad SMARTS) is 1. The topological polar surface area (TPSA) is 270 Å². The van der Waals surface area contributed by atoms with Crippen LogP contribution >= 0.6 is 11.8 Å². The Bertz CT molecular complexity index is 1330. The summed E-state index contributed by atoms with van der Waals surface area (Å²) in [6.45, 7) is -0.866. The average Bonchev–Trinajstić information content (AvgIpc) is 3.63. The number of carbonyl (C=O) groups excluding carboxylic acids is 6. The van der Waals surface area contributed by atoms with Gasteiger partial charge >= 0.3 is 12.0 Å². The lowest BCUT2D eigenvalue weighted by Crippen LogP contribution is -2.54. The molecule has 2 heterocycles. The fourth-order valence-corrected chi connectivity index (χ4v) is 6.95. The number of nitrogens with two attached hydrogens (primary N) is 1. The minimum Gasteiger partial charge on any atom is -0.508 e. The number of phenols is 1. The first-order chi connectivity index (χ1) is 23.4. The van der Waals surface area contributed by atoms with Gasteiger partial charge in [0.05, 0.1) is 31.7 Å². The predicted molar refractivity (Wildman–Crippen MR) is 179 cm³/mol. The number of phenolic OH excluding ortho intramolecular Hbond substituents is 1. The third-order valence-corrected chi connectivity index (χ3v) is 9.55. The average molecular weight is 707 g/mol. The Labute approximate surface area is 288 Å². The van der Waals surface area contributed by atoms with E-state index in [0.717, 1.165) is 25.0 Å². The van der Waals surface area contributed by atoms with E-state index in [9.17, 15) is 43.8 Å². The van der Waals surface area contributed by atoms with Crippen molar-refractivity contribution in [3.8, 4) is 5.75 Å². The Hall–Kier alpha value is -4.58. The molecule has 2 saturated heterocycles. The number of urea groups is 1. The van der Waals surface area contributed by atoms with E-state index < -0.39 is 54.8 Å². The minimum absolute atomic E-state index is 0.00363. The zero-order valence-electron chi connectivity index (χ0n) is 27.1. The minimum atomic E-state index is -1.27. The van der Waals surface area contributed by atoms with Crippen molar-refractivity contribution in [3.63, 3.8) is 0 Å². The second-order valence-corrected chi connectivity index (χ2v) is 13.1. The fraction of sp³-hybridized carbons (Fsp3) is 0.581. The fourth-order valence-electron chi connectivity index (χ4n) is 5.41. The van der Waals surface area contributed by atoms with Crippen molar-refractivity contribution in [1.82, 2.24) is 37.2 Å². The van der Waals surface area contributed by atoms with Crippen LogP contribution in [-0.4, -0.2) is 113 Å². The molecule has 0 aliphatic carbocycles. The highest BCUT2D eigenvalue weighted by atomic mass is 32.2. The largest absolute Gasteiger partial charge is 0.508 e. The lowest BCUT2D eigenvalue weighted by atomic mass is 10.0. The van der Waals surface area contributed by atoms with Gasteiger partial charge in [-0.15, -0.1) is 0 Å². The number of aromatic hydroxyl groups is 1. The van der Waals surface area contributed by atoms with Crippen molar-refractivity contribution in [2.24, 2.45) is 5.73 Å². The van der Waals surface area contributed by atoms with Crippen molar-refractivity contribution < 1.29 is 43.8 Å². The molecule has 1 aromatic carbocycles. The zero-order chi connectivity index (χ0) is 35.8. The summed E-state index contributed by atoms with van der Waals surface area (Å²) >= 11 is 1.83. The maximum atomic E-state index is 13.2. The molecule has 0 radical (unpaired) electrons. The van der Waals surface area contributed by atoms with Crippen molar-refractivity contribution in [2.75, 3.05) is 31.9 Å². The molecule has 2 aliphatic rings. The molecule has 1 aromatic rings. The quantitative estimate of drug-likeness (QED) is 0.0503. The van der Waals surface area contributed by atoms with Crippen LogP contribution < -0.4 is 43.0 Å². The summed E-state index contributed by atoms with van der Waals surface area (Å²) in [6, 6.07) is 3.61. The van der Waals surface area contributed by atoms with E-state index in [1.54, 1.807) is 12.1 Å². The van der Waals surface area contributed by atoms with E-state index in [-0.39, 0.29) is 49.2 Å². The smallest absolute Gasteiger partial charge is 0.326 e. The van der Waals surface area contributed by atoms with E-state index in [2.05, 4.69) is 37.2 Å². The van der Waals surface area contributed by atoms with Crippen molar-refractivity contribution in [1.29, 1.82) is 0 Å². The van der Waals surface area contributed by atoms with Crippen LogP contribution in [0, 0.1) is 0 Å². The van der Waals surface area contributed by atoms with Gasteiger partial charge in [0.2, 0.25) is 29.5 Å². The predicted octanol–water partition coefficient (Wildman–Crippen LogP) is -1.81. The molecule has 7 amide bonds. The Morgan fingerprint density at radius 1 is 0.857 bits per heavy atom. The van der Waals surface area contributed by atoms with Gasteiger partial charge in [-0.3, -0.25) is 24.0 Å². The first-order valence-electron chi connectivity index (χ1n) is 16.2. The molecule has 2 aliphatic heterocycles. The summed E-state index contributed by atoms with van der Waals surface area (Å²) < 4.78 is 0. The molecule has 0 saturated carbocycles. The Morgan fingerprint density at radius 3 is 2.29 bits per heavy atom. The number of fused-ring (bicyclic) bond motifs is 1. The second-order valence-electron chi connectivity index (χ2n) is 11.9. The van der Waals surface area contributed by atoms with Gasteiger partial charge in [0.25, 0.3) is 0 Å². The molecule has 270 valence electrons. The van der Waals surface area contributed by atoms with Crippen molar-refractivity contribution in [2.45, 2.75) is 80.8 Å². The summed E-state index contributed by atoms with van der Waals surface area (Å²) in [5, 5.41) is 37.9. The van der Waals surface area contributed by atoms with Crippen LogP contribution in [0.2, 0.25) is 0 Å². The number of benzene rings is 1. The number of thioether (sulfide) groups is 1. The summed E-state index contributed by atoms with van der Waals surface area (Å²) in [4.78, 5) is 84.7. The van der Waals surface area contributed by atoms with E-state index in [4.69, 9.17) is 5.73 Å².